The van der Waals surface area contributed by atoms with Crippen molar-refractivity contribution < 1.29 is 4.79 Å². The number of nitrogens with zero attached hydrogens (tertiary/aromatic N) is 4. The van der Waals surface area contributed by atoms with E-state index in [4.69, 9.17) is 0 Å². The maximum atomic E-state index is 12.3. The largest absolute Gasteiger partial charge is 0.307 e. The molecule has 0 radical (unpaired) electrons. The molecule has 1 atom stereocenters. The van der Waals surface area contributed by atoms with Gasteiger partial charge in [0.15, 0.2) is 5.82 Å². The normalized spacial score (nSPS) is 12.1. The van der Waals surface area contributed by atoms with Gasteiger partial charge in [-0.15, -0.1) is 0 Å². The number of anilines is 1. The van der Waals surface area contributed by atoms with Crippen molar-refractivity contribution in [1.29, 1.82) is 0 Å². The van der Waals surface area contributed by atoms with Gasteiger partial charge in [-0.2, -0.15) is 10.2 Å². The molecule has 0 saturated heterocycles. The lowest BCUT2D eigenvalue weighted by molar-refractivity contribution is -0.119. The molecule has 7 heteroatoms. The summed E-state index contributed by atoms with van der Waals surface area (Å²) in [5.41, 5.74) is 2.42. The standard InChI is InChI=1S/C17H18BrN5O/c1-12-5-3-4-6-14(12)10-22-8-7-16(21-22)20-17(24)13(2)23-11-15(18)9-19-23/h3-9,11,13H,10H2,1-2H3,(H,20,21,24). The quantitative estimate of drug-likeness (QED) is 0.729. The average molecular weight is 388 g/mol. The van der Waals surface area contributed by atoms with Crippen molar-refractivity contribution in [2.45, 2.75) is 26.4 Å². The van der Waals surface area contributed by atoms with Crippen LogP contribution in [0.3, 0.4) is 0 Å². The van der Waals surface area contributed by atoms with Crippen LogP contribution in [0, 0.1) is 6.92 Å². The van der Waals surface area contributed by atoms with Crippen LogP contribution in [-0.4, -0.2) is 25.5 Å². The van der Waals surface area contributed by atoms with E-state index in [1.807, 2.05) is 23.0 Å². The summed E-state index contributed by atoms with van der Waals surface area (Å²) < 4.78 is 4.25. The van der Waals surface area contributed by atoms with Crippen molar-refractivity contribution in [3.8, 4) is 0 Å². The minimum atomic E-state index is -0.419. The number of benzene rings is 1. The second-order valence-corrected chi connectivity index (χ2v) is 6.54. The molecule has 0 aliphatic carbocycles. The Morgan fingerprint density at radius 1 is 1.33 bits per heavy atom. The van der Waals surface area contributed by atoms with E-state index in [1.54, 1.807) is 30.1 Å². The summed E-state index contributed by atoms with van der Waals surface area (Å²) in [5.74, 6) is 0.374. The lowest BCUT2D eigenvalue weighted by atomic mass is 10.1. The third kappa shape index (κ3) is 3.73. The third-order valence-corrected chi connectivity index (χ3v) is 4.24. The first kappa shape index (κ1) is 16.4. The smallest absolute Gasteiger partial charge is 0.250 e. The molecule has 0 saturated carbocycles. The molecule has 0 fully saturated rings. The highest BCUT2D eigenvalue weighted by Gasteiger charge is 2.17. The molecule has 0 aliphatic rings. The van der Waals surface area contributed by atoms with Crippen LogP contribution in [0.5, 0.6) is 0 Å². The summed E-state index contributed by atoms with van der Waals surface area (Å²) in [5, 5.41) is 11.4. The summed E-state index contributed by atoms with van der Waals surface area (Å²) in [6.45, 7) is 4.54. The van der Waals surface area contributed by atoms with Crippen molar-refractivity contribution in [2.24, 2.45) is 0 Å². The zero-order chi connectivity index (χ0) is 17.1. The van der Waals surface area contributed by atoms with Crippen LogP contribution in [0.25, 0.3) is 0 Å². The monoisotopic (exact) mass is 387 g/mol. The molecule has 3 aromatic rings. The fourth-order valence-electron chi connectivity index (χ4n) is 2.36. The number of carbonyl (C=O) groups is 1. The van der Waals surface area contributed by atoms with Crippen LogP contribution in [0.15, 0.2) is 53.4 Å². The first-order valence-corrected chi connectivity index (χ1v) is 8.41. The Bertz CT molecular complexity index is 854. The summed E-state index contributed by atoms with van der Waals surface area (Å²) in [6.07, 6.45) is 5.28. The molecular weight excluding hydrogens is 370 g/mol. The van der Waals surface area contributed by atoms with E-state index in [1.165, 1.54) is 11.1 Å². The number of nitrogens with one attached hydrogen (secondary N) is 1. The molecule has 0 bridgehead atoms. The summed E-state index contributed by atoms with van der Waals surface area (Å²) >= 11 is 3.33. The number of carbonyl (C=O) groups excluding carboxylic acids is 1. The number of rotatable bonds is 5. The Morgan fingerprint density at radius 2 is 2.12 bits per heavy atom. The number of hydrogen-bond acceptors (Lipinski definition) is 3. The zero-order valence-corrected chi connectivity index (χ0v) is 15.1. The zero-order valence-electron chi connectivity index (χ0n) is 13.5. The van der Waals surface area contributed by atoms with Crippen molar-refractivity contribution in [3.63, 3.8) is 0 Å². The number of aromatic nitrogens is 4. The molecule has 3 rings (SSSR count). The van der Waals surface area contributed by atoms with E-state index in [9.17, 15) is 4.79 Å². The molecular formula is C17H18BrN5O. The van der Waals surface area contributed by atoms with Gasteiger partial charge < -0.3 is 5.32 Å². The molecule has 24 heavy (non-hydrogen) atoms. The van der Waals surface area contributed by atoms with E-state index >= 15 is 0 Å². The highest BCUT2D eigenvalue weighted by molar-refractivity contribution is 9.10. The average Bonchev–Trinajstić information content (AvgIpc) is 3.18. The van der Waals surface area contributed by atoms with Gasteiger partial charge in [-0.05, 0) is 40.9 Å². The van der Waals surface area contributed by atoms with Crippen LogP contribution in [0.4, 0.5) is 5.82 Å². The van der Waals surface area contributed by atoms with Gasteiger partial charge in [-0.25, -0.2) is 0 Å². The van der Waals surface area contributed by atoms with Crippen molar-refractivity contribution in [3.05, 3.63) is 64.5 Å². The minimum Gasteiger partial charge on any atom is -0.307 e. The number of amides is 1. The Labute approximate surface area is 148 Å². The Kier molecular flexibility index (Phi) is 4.80. The molecule has 0 aliphatic heterocycles. The number of hydrogen-bond donors (Lipinski definition) is 1. The predicted octanol–water partition coefficient (Wildman–Crippen LogP) is 3.40. The van der Waals surface area contributed by atoms with Crippen LogP contribution >= 0.6 is 15.9 Å². The van der Waals surface area contributed by atoms with E-state index in [2.05, 4.69) is 50.5 Å². The van der Waals surface area contributed by atoms with Crippen LogP contribution in [-0.2, 0) is 11.3 Å². The minimum absolute atomic E-state index is 0.160. The van der Waals surface area contributed by atoms with E-state index in [0.717, 1.165) is 4.47 Å². The molecule has 1 amide bonds. The van der Waals surface area contributed by atoms with E-state index < -0.39 is 6.04 Å². The number of aryl methyl sites for hydroxylation is 1. The molecule has 0 spiro atoms. The van der Waals surface area contributed by atoms with Crippen LogP contribution in [0.2, 0.25) is 0 Å². The summed E-state index contributed by atoms with van der Waals surface area (Å²) in [4.78, 5) is 12.3. The highest BCUT2D eigenvalue weighted by atomic mass is 79.9. The van der Waals surface area contributed by atoms with Gasteiger partial charge in [0, 0.05) is 18.5 Å². The van der Waals surface area contributed by atoms with Gasteiger partial charge in [0.25, 0.3) is 0 Å². The van der Waals surface area contributed by atoms with Gasteiger partial charge in [-0.3, -0.25) is 14.2 Å². The maximum absolute atomic E-state index is 12.3. The fourth-order valence-corrected chi connectivity index (χ4v) is 2.66. The van der Waals surface area contributed by atoms with Gasteiger partial charge in [0.05, 0.1) is 17.2 Å². The third-order valence-electron chi connectivity index (χ3n) is 3.83. The van der Waals surface area contributed by atoms with Crippen molar-refractivity contribution >= 4 is 27.7 Å². The maximum Gasteiger partial charge on any atom is 0.250 e. The second kappa shape index (κ2) is 7.00. The molecule has 1 aromatic carbocycles. The number of halogens is 1. The topological polar surface area (TPSA) is 64.7 Å². The van der Waals surface area contributed by atoms with Crippen LogP contribution in [0.1, 0.15) is 24.1 Å². The summed E-state index contributed by atoms with van der Waals surface area (Å²) in [6, 6.07) is 9.55. The molecule has 2 heterocycles. The molecule has 124 valence electrons. The second-order valence-electron chi connectivity index (χ2n) is 5.63. The first-order valence-electron chi connectivity index (χ1n) is 7.61. The van der Waals surface area contributed by atoms with E-state index in [0.29, 0.717) is 12.4 Å². The summed E-state index contributed by atoms with van der Waals surface area (Å²) in [7, 11) is 0. The van der Waals surface area contributed by atoms with Crippen molar-refractivity contribution in [2.75, 3.05) is 5.32 Å². The first-order chi connectivity index (χ1) is 11.5. The molecule has 2 aromatic heterocycles. The van der Waals surface area contributed by atoms with Crippen molar-refractivity contribution in [1.82, 2.24) is 19.6 Å². The molecule has 6 nitrogen and oxygen atoms in total. The predicted molar refractivity (Wildman–Crippen MR) is 95.8 cm³/mol. The Hall–Kier alpha value is -2.41. The van der Waals surface area contributed by atoms with Gasteiger partial charge in [0.1, 0.15) is 6.04 Å². The Morgan fingerprint density at radius 3 is 2.83 bits per heavy atom. The Balaban J connectivity index is 1.65. The van der Waals surface area contributed by atoms with Gasteiger partial charge in [-0.1, -0.05) is 24.3 Å². The van der Waals surface area contributed by atoms with Crippen LogP contribution < -0.4 is 5.32 Å². The SMILES string of the molecule is Cc1ccccc1Cn1ccc(NC(=O)C(C)n2cc(Br)cn2)n1. The molecule has 1 unspecified atom stereocenters. The molecule has 1 N–H and O–H groups in total. The lowest BCUT2D eigenvalue weighted by Crippen LogP contribution is -2.24. The van der Waals surface area contributed by atoms with Gasteiger partial charge >= 0.3 is 0 Å². The fraction of sp³-hybridized carbons (Fsp3) is 0.235. The van der Waals surface area contributed by atoms with E-state index in [-0.39, 0.29) is 5.91 Å². The highest BCUT2D eigenvalue weighted by Crippen LogP contribution is 2.14. The lowest BCUT2D eigenvalue weighted by Gasteiger charge is -2.11. The van der Waals surface area contributed by atoms with Gasteiger partial charge in [0.2, 0.25) is 5.91 Å².